The third-order valence-electron chi connectivity index (χ3n) is 7.08. The van der Waals surface area contributed by atoms with Gasteiger partial charge in [-0.1, -0.05) is 17.7 Å². The maximum absolute atomic E-state index is 12.9. The van der Waals surface area contributed by atoms with E-state index in [4.69, 9.17) is 30.6 Å². The number of carbonyl (C=O) groups is 2. The molecule has 188 valence electrons. The van der Waals surface area contributed by atoms with Gasteiger partial charge in [0.2, 0.25) is 5.91 Å². The van der Waals surface area contributed by atoms with Gasteiger partial charge in [-0.25, -0.2) is 0 Å². The monoisotopic (exact) mass is 511 g/mol. The van der Waals surface area contributed by atoms with Crippen LogP contribution in [0.2, 0.25) is 5.02 Å². The second-order valence-electron chi connectivity index (χ2n) is 9.79. The van der Waals surface area contributed by atoms with Gasteiger partial charge in [-0.05, 0) is 56.5 Å². The van der Waals surface area contributed by atoms with Crippen molar-refractivity contribution in [3.8, 4) is 17.1 Å². The van der Waals surface area contributed by atoms with Crippen LogP contribution in [0.3, 0.4) is 0 Å². The second-order valence-corrected chi connectivity index (χ2v) is 10.2. The van der Waals surface area contributed by atoms with Crippen LogP contribution in [0.4, 0.5) is 5.69 Å². The number of benzene rings is 2. The van der Waals surface area contributed by atoms with E-state index in [-0.39, 0.29) is 47.9 Å². The molecule has 5 rings (SSSR count). The molecule has 1 amide bonds. The Hall–Kier alpha value is -3.36. The fourth-order valence-corrected chi connectivity index (χ4v) is 5.06. The van der Waals surface area contributed by atoms with Gasteiger partial charge >= 0.3 is 5.97 Å². The van der Waals surface area contributed by atoms with Crippen molar-refractivity contribution in [3.63, 3.8) is 0 Å². The Bertz CT molecular complexity index is 1440. The molecular weight excluding hydrogens is 486 g/mol. The van der Waals surface area contributed by atoms with Gasteiger partial charge in [-0.3, -0.25) is 14.4 Å². The number of halogens is 1. The Morgan fingerprint density at radius 3 is 2.67 bits per heavy atom. The average molecular weight is 512 g/mol. The van der Waals surface area contributed by atoms with E-state index in [0.717, 1.165) is 5.56 Å². The molecule has 0 radical (unpaired) electrons. The number of rotatable bonds is 7. The first-order valence-electron chi connectivity index (χ1n) is 11.7. The molecule has 1 aliphatic carbocycles. The van der Waals surface area contributed by atoms with Crippen molar-refractivity contribution in [1.29, 1.82) is 0 Å². The van der Waals surface area contributed by atoms with Crippen molar-refractivity contribution in [3.05, 3.63) is 57.2 Å². The Morgan fingerprint density at radius 2 is 1.94 bits per heavy atom. The zero-order chi connectivity index (χ0) is 25.8. The summed E-state index contributed by atoms with van der Waals surface area (Å²) in [6, 6.07) is 9.99. The number of ether oxygens (including phenoxy) is 2. The minimum atomic E-state index is -0.798. The van der Waals surface area contributed by atoms with Gasteiger partial charge in [0, 0.05) is 18.8 Å². The summed E-state index contributed by atoms with van der Waals surface area (Å²) in [6.45, 7) is 4.18. The molecule has 2 aliphatic rings. The maximum Gasteiger partial charge on any atom is 0.306 e. The first kappa shape index (κ1) is 24.3. The van der Waals surface area contributed by atoms with Gasteiger partial charge in [0.15, 0.2) is 11.0 Å². The molecule has 2 aromatic carbocycles. The van der Waals surface area contributed by atoms with E-state index in [0.29, 0.717) is 40.3 Å². The molecule has 1 aromatic heterocycles. The summed E-state index contributed by atoms with van der Waals surface area (Å²) in [4.78, 5) is 38.3. The van der Waals surface area contributed by atoms with E-state index < -0.39 is 11.4 Å². The van der Waals surface area contributed by atoms with E-state index in [1.165, 1.54) is 6.07 Å². The molecule has 3 aromatic rings. The number of carboxylic acids is 1. The van der Waals surface area contributed by atoms with Crippen LogP contribution in [-0.2, 0) is 19.7 Å². The average Bonchev–Trinajstić information content (AvgIpc) is 2.97. The van der Waals surface area contributed by atoms with Gasteiger partial charge in [-0.15, -0.1) is 0 Å². The molecule has 0 bridgehead atoms. The molecule has 2 heterocycles. The number of hydrogen-bond acceptors (Lipinski definition) is 6. The van der Waals surface area contributed by atoms with Crippen LogP contribution in [0.1, 0.15) is 32.3 Å². The second kappa shape index (κ2) is 8.94. The van der Waals surface area contributed by atoms with Crippen molar-refractivity contribution in [2.45, 2.75) is 38.2 Å². The molecule has 1 aliphatic heterocycles. The van der Waals surface area contributed by atoms with Crippen LogP contribution in [0.15, 0.2) is 45.6 Å². The smallest absolute Gasteiger partial charge is 0.306 e. The SMILES string of the molecule is CN1C(=O)C(C)(C)c2cc(OCCOC3CC(C(=O)O)C3)c(-c3cc(=O)c4cccc(Cl)c4o3)cc21. The third kappa shape index (κ3) is 4.04. The molecule has 0 atom stereocenters. The lowest BCUT2D eigenvalue weighted by atomic mass is 9.82. The van der Waals surface area contributed by atoms with Crippen LogP contribution in [0, 0.1) is 5.92 Å². The molecule has 9 heteroatoms. The standard InChI is InChI=1S/C27H26ClNO7/c1-27(2)18-12-22(35-8-7-34-15-9-14(10-15)25(31)32)17(11-20(18)29(3)26(27)33)23-13-21(30)16-5-4-6-19(28)24(16)36-23/h4-6,11-15H,7-10H2,1-3H3,(H,31,32). The number of aliphatic carboxylic acids is 1. The largest absolute Gasteiger partial charge is 0.490 e. The molecule has 0 unspecified atom stereocenters. The predicted octanol–water partition coefficient (Wildman–Crippen LogP) is 4.63. The fourth-order valence-electron chi connectivity index (χ4n) is 4.85. The topological polar surface area (TPSA) is 106 Å². The summed E-state index contributed by atoms with van der Waals surface area (Å²) in [5.74, 6) is -0.482. The van der Waals surface area contributed by atoms with Crippen LogP contribution in [0.25, 0.3) is 22.3 Å². The van der Waals surface area contributed by atoms with Crippen molar-refractivity contribution in [2.75, 3.05) is 25.2 Å². The number of carboxylic acid groups (broad SMARTS) is 1. The summed E-state index contributed by atoms with van der Waals surface area (Å²) in [6.07, 6.45) is 0.885. The predicted molar refractivity (Wildman–Crippen MR) is 135 cm³/mol. The third-order valence-corrected chi connectivity index (χ3v) is 7.38. The molecule has 1 N–H and O–H groups in total. The van der Waals surface area contributed by atoms with E-state index in [1.54, 1.807) is 36.2 Å². The normalized spacial score (nSPS) is 20.3. The molecule has 8 nitrogen and oxygen atoms in total. The summed E-state index contributed by atoms with van der Waals surface area (Å²) in [5.41, 5.74) is 1.31. The van der Waals surface area contributed by atoms with Crippen molar-refractivity contribution >= 4 is 40.1 Å². The van der Waals surface area contributed by atoms with Gasteiger partial charge < -0.3 is 23.9 Å². The summed E-state index contributed by atoms with van der Waals surface area (Å²) in [7, 11) is 1.71. The van der Waals surface area contributed by atoms with Gasteiger partial charge in [0.1, 0.15) is 18.1 Å². The minimum absolute atomic E-state index is 0.0510. The van der Waals surface area contributed by atoms with Gasteiger partial charge in [0.25, 0.3) is 0 Å². The fraction of sp³-hybridized carbons (Fsp3) is 0.370. The zero-order valence-corrected chi connectivity index (χ0v) is 20.9. The van der Waals surface area contributed by atoms with Crippen LogP contribution in [-0.4, -0.2) is 43.3 Å². The molecule has 1 saturated carbocycles. The quantitative estimate of drug-likeness (QED) is 0.461. The lowest BCUT2D eigenvalue weighted by Crippen LogP contribution is -2.37. The first-order valence-corrected chi connectivity index (χ1v) is 12.1. The number of para-hydroxylation sites is 1. The minimum Gasteiger partial charge on any atom is -0.490 e. The highest BCUT2D eigenvalue weighted by Gasteiger charge is 2.43. The number of carbonyl (C=O) groups excluding carboxylic acids is 1. The number of hydrogen-bond donors (Lipinski definition) is 1. The highest BCUT2D eigenvalue weighted by Crippen LogP contribution is 2.46. The number of amides is 1. The first-order chi connectivity index (χ1) is 17.1. The van der Waals surface area contributed by atoms with E-state index >= 15 is 0 Å². The Balaban J connectivity index is 1.48. The van der Waals surface area contributed by atoms with Crippen molar-refractivity contribution in [2.24, 2.45) is 5.92 Å². The molecule has 36 heavy (non-hydrogen) atoms. The van der Waals surface area contributed by atoms with E-state index in [1.807, 2.05) is 19.9 Å². The maximum atomic E-state index is 12.9. The zero-order valence-electron chi connectivity index (χ0n) is 20.2. The lowest BCUT2D eigenvalue weighted by Gasteiger charge is -2.32. The van der Waals surface area contributed by atoms with E-state index in [9.17, 15) is 14.4 Å². The summed E-state index contributed by atoms with van der Waals surface area (Å²) in [5, 5.41) is 9.71. The number of likely N-dealkylation sites (N-methyl/N-ethyl adjacent to an activating group) is 1. The highest BCUT2D eigenvalue weighted by molar-refractivity contribution is 6.34. The molecule has 1 fully saturated rings. The molecule has 0 spiro atoms. The molecule has 0 saturated heterocycles. The summed E-state index contributed by atoms with van der Waals surface area (Å²) < 4.78 is 17.9. The van der Waals surface area contributed by atoms with Crippen LogP contribution in [0.5, 0.6) is 5.75 Å². The number of nitrogens with zero attached hydrogens (tertiary/aromatic N) is 1. The van der Waals surface area contributed by atoms with Gasteiger partial charge in [0.05, 0.1) is 40.0 Å². The Morgan fingerprint density at radius 1 is 1.19 bits per heavy atom. The van der Waals surface area contributed by atoms with Crippen LogP contribution >= 0.6 is 11.6 Å². The molecular formula is C27H26ClNO7. The van der Waals surface area contributed by atoms with E-state index in [2.05, 4.69) is 0 Å². The Kier molecular flexibility index (Phi) is 6.04. The Labute approximate surface area is 212 Å². The van der Waals surface area contributed by atoms with Crippen molar-refractivity contribution < 1.29 is 28.6 Å². The van der Waals surface area contributed by atoms with Crippen LogP contribution < -0.4 is 15.1 Å². The van der Waals surface area contributed by atoms with Crippen molar-refractivity contribution in [1.82, 2.24) is 0 Å². The number of anilines is 1. The van der Waals surface area contributed by atoms with Gasteiger partial charge in [-0.2, -0.15) is 0 Å². The lowest BCUT2D eigenvalue weighted by molar-refractivity contribution is -0.151. The number of fused-ring (bicyclic) bond motifs is 2. The highest BCUT2D eigenvalue weighted by atomic mass is 35.5. The summed E-state index contributed by atoms with van der Waals surface area (Å²) >= 11 is 6.31.